The molecule has 0 amide bonds. The van der Waals surface area contributed by atoms with E-state index in [0.29, 0.717) is 11.6 Å². The zero-order valence-electron chi connectivity index (χ0n) is 43.4. The molecule has 5 aromatic heterocycles. The first-order chi connectivity index (χ1) is 32.2. The molecule has 359 valence electrons. The van der Waals surface area contributed by atoms with E-state index in [1.165, 1.54) is 38.9 Å². The number of benzene rings is 4. The number of rotatable bonds is 10. The third kappa shape index (κ3) is 11.1. The number of imidazole rings is 1. The summed E-state index contributed by atoms with van der Waals surface area (Å²) in [6.45, 7) is 26.7. The maximum Gasteiger partial charge on any atom is 0.216 e. The molecule has 0 bridgehead atoms. The standard InChI is InChI=1S/C41H41N4O.C20H28GeN.Ir/c1-24(2)33-21-28(27-13-10-9-11-14-27)22-34(25(3)4)37(33)45-36-26(5)42-20-19-35(36)44-39(45)32-16-12-15-30-31-18-17-29(23-41(6,7)8)43-40(31)46-38(30)32;1-14(2)10-17-12-20(22-13-19(17)21(5,6)7)18-9-8-15(3)11-16(18)4;/h9-15,17-22,24-25H,23H2,1-8H3;8,11-14H,10H2,1-7H3;/q2*-1;. The quantitative estimate of drug-likeness (QED) is 0.101. The summed E-state index contributed by atoms with van der Waals surface area (Å²) in [5.74, 6) is 9.32. The van der Waals surface area contributed by atoms with Crippen molar-refractivity contribution in [3.8, 4) is 39.5 Å². The summed E-state index contributed by atoms with van der Waals surface area (Å²) in [4.78, 5) is 19.8. The number of fused-ring (bicyclic) bond motifs is 4. The van der Waals surface area contributed by atoms with Crippen LogP contribution in [0.5, 0.6) is 0 Å². The van der Waals surface area contributed by atoms with Gasteiger partial charge in [-0.3, -0.25) is 9.97 Å². The largest absolute Gasteiger partial charge is 0.486 e. The van der Waals surface area contributed by atoms with Crippen LogP contribution in [0.3, 0.4) is 0 Å². The van der Waals surface area contributed by atoms with Gasteiger partial charge in [-0.25, -0.2) is 4.98 Å². The van der Waals surface area contributed by atoms with Gasteiger partial charge in [0.1, 0.15) is 0 Å². The molecule has 0 aliphatic heterocycles. The molecule has 0 atom stereocenters. The number of hydrogen-bond acceptors (Lipinski definition) is 5. The van der Waals surface area contributed by atoms with Gasteiger partial charge in [0.25, 0.3) is 0 Å². The van der Waals surface area contributed by atoms with Crippen molar-refractivity contribution in [3.05, 3.63) is 155 Å². The van der Waals surface area contributed by atoms with Crippen LogP contribution in [0.15, 0.2) is 108 Å². The van der Waals surface area contributed by atoms with Gasteiger partial charge in [-0.15, -0.1) is 18.2 Å². The first kappa shape index (κ1) is 51.6. The van der Waals surface area contributed by atoms with E-state index in [1.807, 2.05) is 18.3 Å². The number of hydrogen-bond donors (Lipinski definition) is 0. The molecule has 4 aromatic carbocycles. The van der Waals surface area contributed by atoms with Gasteiger partial charge in [0.2, 0.25) is 5.71 Å². The van der Waals surface area contributed by atoms with Crippen LogP contribution in [-0.2, 0) is 32.9 Å². The van der Waals surface area contributed by atoms with E-state index in [2.05, 4.69) is 202 Å². The normalized spacial score (nSPS) is 12.1. The number of pyridine rings is 3. The van der Waals surface area contributed by atoms with Gasteiger partial charge < -0.3 is 8.98 Å². The predicted molar refractivity (Wildman–Crippen MR) is 289 cm³/mol. The van der Waals surface area contributed by atoms with Crippen molar-refractivity contribution in [1.82, 2.24) is 24.5 Å². The second-order valence-electron chi connectivity index (χ2n) is 22.1. The average Bonchev–Trinajstić information content (AvgIpc) is 3.84. The van der Waals surface area contributed by atoms with Crippen molar-refractivity contribution >= 4 is 50.8 Å². The van der Waals surface area contributed by atoms with Crippen molar-refractivity contribution in [2.75, 3.05) is 0 Å². The Labute approximate surface area is 427 Å². The Morgan fingerprint density at radius 2 is 1.43 bits per heavy atom. The molecule has 0 fully saturated rings. The van der Waals surface area contributed by atoms with Gasteiger partial charge >= 0.3 is 138 Å². The fourth-order valence-corrected chi connectivity index (χ4v) is 12.9. The molecule has 9 rings (SSSR count). The Morgan fingerprint density at radius 3 is 2.06 bits per heavy atom. The van der Waals surface area contributed by atoms with Crippen molar-refractivity contribution in [2.45, 2.75) is 125 Å². The number of aryl methyl sites for hydroxylation is 3. The molecule has 69 heavy (non-hydrogen) atoms. The maximum absolute atomic E-state index is 6.63. The molecule has 1 radical (unpaired) electrons. The number of furan rings is 1. The smallest absolute Gasteiger partial charge is 0.216 e. The fraction of sp³-hybridized carbons (Fsp3) is 0.344. The summed E-state index contributed by atoms with van der Waals surface area (Å²) in [7, 11) is 0. The summed E-state index contributed by atoms with van der Waals surface area (Å²) in [5, 5.41) is 2.01. The van der Waals surface area contributed by atoms with E-state index in [1.54, 1.807) is 4.40 Å². The molecule has 9 aromatic rings. The number of aromatic nitrogens is 5. The zero-order chi connectivity index (χ0) is 48.8. The first-order valence-corrected chi connectivity index (χ1v) is 31.8. The van der Waals surface area contributed by atoms with Gasteiger partial charge in [-0.1, -0.05) is 89.7 Å². The van der Waals surface area contributed by atoms with Crippen molar-refractivity contribution in [1.29, 1.82) is 0 Å². The Kier molecular flexibility index (Phi) is 15.4. The van der Waals surface area contributed by atoms with Gasteiger partial charge in [-0.2, -0.15) is 0 Å². The van der Waals surface area contributed by atoms with Crippen LogP contribution < -0.4 is 4.40 Å². The third-order valence-corrected chi connectivity index (χ3v) is 17.1. The van der Waals surface area contributed by atoms with Crippen LogP contribution >= 0.6 is 0 Å². The molecule has 0 unspecified atom stereocenters. The average molecular weight is 1150 g/mol. The van der Waals surface area contributed by atoms with E-state index in [0.717, 1.165) is 80.0 Å². The minimum absolute atomic E-state index is 0. The van der Waals surface area contributed by atoms with Crippen LogP contribution in [0, 0.1) is 44.2 Å². The molecule has 6 nitrogen and oxygen atoms in total. The summed E-state index contributed by atoms with van der Waals surface area (Å²) in [6, 6.07) is 39.2. The maximum atomic E-state index is 6.63. The fourth-order valence-electron chi connectivity index (χ4n) is 9.60. The third-order valence-electron chi connectivity index (χ3n) is 12.7. The van der Waals surface area contributed by atoms with Crippen LogP contribution in [0.25, 0.3) is 72.6 Å². The van der Waals surface area contributed by atoms with Crippen molar-refractivity contribution in [2.24, 2.45) is 11.3 Å². The second-order valence-corrected chi connectivity index (χ2v) is 32.7. The van der Waals surface area contributed by atoms with Crippen molar-refractivity contribution in [3.63, 3.8) is 0 Å². The van der Waals surface area contributed by atoms with E-state index in [9.17, 15) is 0 Å². The van der Waals surface area contributed by atoms with Crippen LogP contribution in [0.1, 0.15) is 113 Å². The molecule has 0 spiro atoms. The monoisotopic (exact) mass is 1150 g/mol. The molecule has 5 heterocycles. The van der Waals surface area contributed by atoms with Crippen LogP contribution in [0.2, 0.25) is 17.3 Å². The Bertz CT molecular complexity index is 3250. The molecule has 0 N–H and O–H groups in total. The molecule has 0 aliphatic carbocycles. The minimum atomic E-state index is -1.89. The molecule has 0 aliphatic rings. The predicted octanol–water partition coefficient (Wildman–Crippen LogP) is 15.9. The van der Waals surface area contributed by atoms with E-state index in [-0.39, 0.29) is 37.4 Å². The first-order valence-electron chi connectivity index (χ1n) is 24.5. The Morgan fingerprint density at radius 1 is 0.739 bits per heavy atom. The Hall–Kier alpha value is -5.21. The van der Waals surface area contributed by atoms with Crippen molar-refractivity contribution < 1.29 is 24.5 Å². The van der Waals surface area contributed by atoms with Gasteiger partial charge in [-0.05, 0) is 83.2 Å². The van der Waals surface area contributed by atoms with E-state index in [4.69, 9.17) is 24.4 Å². The summed E-state index contributed by atoms with van der Waals surface area (Å²) >= 11 is -1.89. The van der Waals surface area contributed by atoms with Crippen LogP contribution in [-0.4, -0.2) is 37.8 Å². The summed E-state index contributed by atoms with van der Waals surface area (Å²) < 4.78 is 10.5. The van der Waals surface area contributed by atoms with E-state index < -0.39 is 13.3 Å². The SMILES string of the molecule is Cc1c[c-]c(-c2cc(CC(C)C)[c]([Ge]([CH3])([CH3])[CH3])cn2)c(C)c1.Cc1nccc2nc(-c3[c-]ccc4c3oc3nc(CC(C)(C)C)ccc34)n(-c3c(C(C)C)cc(-c4ccccc4)cc3C(C)C)c12.[Ir]. The molecule has 8 heteroatoms. The Balaban J connectivity index is 0.000000258. The molecule has 0 saturated heterocycles. The van der Waals surface area contributed by atoms with Crippen LogP contribution in [0.4, 0.5) is 0 Å². The molecular formula is C61H69GeIrN5O-2. The number of nitrogens with zero attached hydrogens (tertiary/aromatic N) is 5. The second kappa shape index (κ2) is 20.6. The minimum Gasteiger partial charge on any atom is -0.486 e. The summed E-state index contributed by atoms with van der Waals surface area (Å²) in [6.07, 6.45) is 6.00. The van der Waals surface area contributed by atoms with Gasteiger partial charge in [0.15, 0.2) is 0 Å². The van der Waals surface area contributed by atoms with Gasteiger partial charge in [0.05, 0.1) is 28.1 Å². The van der Waals surface area contributed by atoms with E-state index >= 15 is 0 Å². The summed E-state index contributed by atoms with van der Waals surface area (Å²) in [5.41, 5.74) is 18.5. The molecular weight excluding hydrogens is 1080 g/mol. The topological polar surface area (TPSA) is 69.6 Å². The van der Waals surface area contributed by atoms with Gasteiger partial charge in [0, 0.05) is 43.1 Å². The molecule has 0 saturated carbocycles. The zero-order valence-corrected chi connectivity index (χ0v) is 47.9.